The molecule has 0 fully saturated rings. The molecule has 0 aliphatic heterocycles. The maximum atomic E-state index is 5.99. The van der Waals surface area contributed by atoms with Gasteiger partial charge in [-0.1, -0.05) is 24.6 Å². The molecule has 0 amide bonds. The molecule has 0 saturated heterocycles. The van der Waals surface area contributed by atoms with Gasteiger partial charge >= 0.3 is 0 Å². The zero-order valence-electron chi connectivity index (χ0n) is 8.05. The average Bonchev–Trinajstić information content (AvgIpc) is 2.59. The molecule has 2 rings (SSSR count). The minimum absolute atomic E-state index is 0.102. The van der Waals surface area contributed by atoms with Gasteiger partial charge in [-0.15, -0.1) is 0 Å². The zero-order chi connectivity index (χ0) is 10.1. The predicted molar refractivity (Wildman–Crippen MR) is 60.5 cm³/mol. The Morgan fingerprint density at radius 3 is 3.00 bits per heavy atom. The lowest BCUT2D eigenvalue weighted by Gasteiger charge is -2.06. The number of fused-ring (bicyclic) bond motifs is 1. The molecule has 0 spiro atoms. The highest BCUT2D eigenvalue weighted by Gasteiger charge is 2.09. The Bertz CT molecular complexity index is 447. The van der Waals surface area contributed by atoms with Crippen molar-refractivity contribution in [2.75, 3.05) is 0 Å². The van der Waals surface area contributed by atoms with Crippen molar-refractivity contribution in [1.29, 1.82) is 0 Å². The van der Waals surface area contributed by atoms with Gasteiger partial charge < -0.3 is 10.7 Å². The van der Waals surface area contributed by atoms with Gasteiger partial charge in [-0.2, -0.15) is 0 Å². The second-order valence-electron chi connectivity index (χ2n) is 3.45. The van der Waals surface area contributed by atoms with Crippen LogP contribution in [0.4, 0.5) is 0 Å². The highest BCUT2D eigenvalue weighted by Crippen LogP contribution is 2.26. The lowest BCUT2D eigenvalue weighted by atomic mass is 10.0. The van der Waals surface area contributed by atoms with E-state index in [-0.39, 0.29) is 6.04 Å². The summed E-state index contributed by atoms with van der Waals surface area (Å²) in [4.78, 5) is 3.18. The Morgan fingerprint density at radius 2 is 2.29 bits per heavy atom. The lowest BCUT2D eigenvalue weighted by molar-refractivity contribution is 0.704. The number of halogens is 1. The molecule has 0 aliphatic rings. The Kier molecular flexibility index (Phi) is 2.48. The molecule has 2 aromatic rings. The summed E-state index contributed by atoms with van der Waals surface area (Å²) in [7, 11) is 0. The predicted octanol–water partition coefficient (Wildman–Crippen LogP) is 3.23. The zero-order valence-corrected chi connectivity index (χ0v) is 8.81. The van der Waals surface area contributed by atoms with Crippen molar-refractivity contribution in [3.8, 4) is 0 Å². The van der Waals surface area contributed by atoms with Gasteiger partial charge in [-0.3, -0.25) is 0 Å². The standard InChI is InChI=1S/C11H13ClN2/c1-2-10(13)9-6-14-11-5-7(12)3-4-8(9)11/h3-6,10,14H,2,13H2,1H3. The minimum atomic E-state index is 0.102. The molecule has 1 atom stereocenters. The van der Waals surface area contributed by atoms with Gasteiger partial charge in [0.15, 0.2) is 0 Å². The van der Waals surface area contributed by atoms with Gasteiger partial charge in [0.05, 0.1) is 0 Å². The highest BCUT2D eigenvalue weighted by atomic mass is 35.5. The van der Waals surface area contributed by atoms with Crippen LogP contribution in [0.25, 0.3) is 10.9 Å². The molecule has 0 saturated carbocycles. The summed E-state index contributed by atoms with van der Waals surface area (Å²) >= 11 is 5.89. The summed E-state index contributed by atoms with van der Waals surface area (Å²) in [6.07, 6.45) is 2.91. The van der Waals surface area contributed by atoms with E-state index in [9.17, 15) is 0 Å². The highest BCUT2D eigenvalue weighted by molar-refractivity contribution is 6.31. The quantitative estimate of drug-likeness (QED) is 0.782. The number of benzene rings is 1. The second kappa shape index (κ2) is 3.64. The van der Waals surface area contributed by atoms with Crippen LogP contribution in [-0.2, 0) is 0 Å². The Labute approximate surface area is 88.1 Å². The molecule has 2 nitrogen and oxygen atoms in total. The van der Waals surface area contributed by atoms with Crippen LogP contribution in [-0.4, -0.2) is 4.98 Å². The van der Waals surface area contributed by atoms with Crippen molar-refractivity contribution >= 4 is 22.5 Å². The summed E-state index contributed by atoms with van der Waals surface area (Å²) in [5, 5.41) is 1.92. The number of nitrogens with one attached hydrogen (secondary N) is 1. The number of aromatic amines is 1. The van der Waals surface area contributed by atoms with Crippen LogP contribution in [0.3, 0.4) is 0 Å². The van der Waals surface area contributed by atoms with Gasteiger partial charge in [-0.25, -0.2) is 0 Å². The Balaban J connectivity index is 2.58. The number of H-pyrrole nitrogens is 1. The van der Waals surface area contributed by atoms with Crippen LogP contribution in [0, 0.1) is 0 Å². The van der Waals surface area contributed by atoms with E-state index in [1.807, 2.05) is 24.4 Å². The molecule has 3 N–H and O–H groups in total. The number of hydrogen-bond acceptors (Lipinski definition) is 1. The molecular formula is C11H13ClN2. The Hall–Kier alpha value is -0.990. The monoisotopic (exact) mass is 208 g/mol. The fourth-order valence-corrected chi connectivity index (χ4v) is 1.82. The number of hydrogen-bond donors (Lipinski definition) is 2. The van der Waals surface area contributed by atoms with Crippen molar-refractivity contribution in [2.45, 2.75) is 19.4 Å². The third kappa shape index (κ3) is 1.51. The maximum Gasteiger partial charge on any atom is 0.0472 e. The minimum Gasteiger partial charge on any atom is -0.361 e. The van der Waals surface area contributed by atoms with Crippen molar-refractivity contribution < 1.29 is 0 Å². The van der Waals surface area contributed by atoms with E-state index in [2.05, 4.69) is 11.9 Å². The number of nitrogens with two attached hydrogens (primary N) is 1. The summed E-state index contributed by atoms with van der Waals surface area (Å²) in [5.41, 5.74) is 8.21. The molecule has 1 aromatic heterocycles. The molecule has 74 valence electrons. The third-order valence-corrected chi connectivity index (χ3v) is 2.75. The summed E-state index contributed by atoms with van der Waals surface area (Å²) in [5.74, 6) is 0. The second-order valence-corrected chi connectivity index (χ2v) is 3.89. The van der Waals surface area contributed by atoms with Crippen molar-refractivity contribution in [1.82, 2.24) is 4.98 Å². The van der Waals surface area contributed by atoms with Crippen LogP contribution in [0.5, 0.6) is 0 Å². The largest absolute Gasteiger partial charge is 0.361 e. The lowest BCUT2D eigenvalue weighted by Crippen LogP contribution is -2.07. The van der Waals surface area contributed by atoms with E-state index in [1.54, 1.807) is 0 Å². The van der Waals surface area contributed by atoms with E-state index in [0.29, 0.717) is 0 Å². The first-order chi connectivity index (χ1) is 6.72. The van der Waals surface area contributed by atoms with E-state index >= 15 is 0 Å². The molecule has 0 radical (unpaired) electrons. The molecule has 14 heavy (non-hydrogen) atoms. The van der Waals surface area contributed by atoms with Crippen LogP contribution in [0.15, 0.2) is 24.4 Å². The molecule has 0 bridgehead atoms. The molecule has 1 heterocycles. The van der Waals surface area contributed by atoms with Gasteiger partial charge in [0.25, 0.3) is 0 Å². The summed E-state index contributed by atoms with van der Waals surface area (Å²) < 4.78 is 0. The van der Waals surface area contributed by atoms with Crippen LogP contribution in [0.2, 0.25) is 5.02 Å². The maximum absolute atomic E-state index is 5.99. The van der Waals surface area contributed by atoms with E-state index < -0.39 is 0 Å². The van der Waals surface area contributed by atoms with E-state index in [4.69, 9.17) is 17.3 Å². The van der Waals surface area contributed by atoms with Gasteiger partial charge in [0.1, 0.15) is 0 Å². The SMILES string of the molecule is CCC(N)c1c[nH]c2cc(Cl)ccc12. The van der Waals surface area contributed by atoms with Crippen molar-refractivity contribution in [3.63, 3.8) is 0 Å². The van der Waals surface area contributed by atoms with Gasteiger partial charge in [-0.05, 0) is 24.1 Å². The summed E-state index contributed by atoms with van der Waals surface area (Å²) in [6.45, 7) is 2.08. The fourth-order valence-electron chi connectivity index (χ4n) is 1.65. The summed E-state index contributed by atoms with van der Waals surface area (Å²) in [6, 6.07) is 5.93. The normalized spacial score (nSPS) is 13.4. The molecular weight excluding hydrogens is 196 g/mol. The smallest absolute Gasteiger partial charge is 0.0472 e. The Morgan fingerprint density at radius 1 is 1.50 bits per heavy atom. The average molecular weight is 209 g/mol. The number of aromatic nitrogens is 1. The topological polar surface area (TPSA) is 41.8 Å². The van der Waals surface area contributed by atoms with E-state index in [0.717, 1.165) is 17.0 Å². The van der Waals surface area contributed by atoms with Crippen molar-refractivity contribution in [3.05, 3.63) is 35.0 Å². The number of rotatable bonds is 2. The molecule has 1 aromatic carbocycles. The fraction of sp³-hybridized carbons (Fsp3) is 0.273. The van der Waals surface area contributed by atoms with Gasteiger partial charge in [0, 0.05) is 28.2 Å². The molecule has 3 heteroatoms. The molecule has 1 unspecified atom stereocenters. The van der Waals surface area contributed by atoms with Crippen LogP contribution < -0.4 is 5.73 Å². The third-order valence-electron chi connectivity index (χ3n) is 2.52. The van der Waals surface area contributed by atoms with Crippen molar-refractivity contribution in [2.24, 2.45) is 5.73 Å². The first-order valence-electron chi connectivity index (χ1n) is 4.74. The van der Waals surface area contributed by atoms with Crippen LogP contribution >= 0.6 is 11.6 Å². The first kappa shape index (κ1) is 9.56. The van der Waals surface area contributed by atoms with E-state index in [1.165, 1.54) is 10.9 Å². The molecule has 0 aliphatic carbocycles. The van der Waals surface area contributed by atoms with Gasteiger partial charge in [0.2, 0.25) is 0 Å². The van der Waals surface area contributed by atoms with Crippen LogP contribution in [0.1, 0.15) is 24.9 Å². The first-order valence-corrected chi connectivity index (χ1v) is 5.12.